The number of carbonyl (C=O) groups is 2. The summed E-state index contributed by atoms with van der Waals surface area (Å²) in [4.78, 5) is 28.2. The first-order chi connectivity index (χ1) is 15.5. The van der Waals surface area contributed by atoms with Crippen molar-refractivity contribution < 1.29 is 19.1 Å². The minimum Gasteiger partial charge on any atom is -0.496 e. The van der Waals surface area contributed by atoms with Crippen LogP contribution >= 0.6 is 11.6 Å². The van der Waals surface area contributed by atoms with E-state index in [0.29, 0.717) is 27.8 Å². The van der Waals surface area contributed by atoms with Crippen molar-refractivity contribution in [2.24, 2.45) is 0 Å². The van der Waals surface area contributed by atoms with Crippen molar-refractivity contribution in [1.29, 1.82) is 0 Å². The van der Waals surface area contributed by atoms with Crippen LogP contribution in [0.5, 0.6) is 11.5 Å². The molecule has 2 amide bonds. The molecule has 0 fully saturated rings. The molecule has 32 heavy (non-hydrogen) atoms. The predicted molar refractivity (Wildman–Crippen MR) is 124 cm³/mol. The van der Waals surface area contributed by atoms with Gasteiger partial charge in [0.05, 0.1) is 32.0 Å². The highest BCUT2D eigenvalue weighted by Crippen LogP contribution is 2.37. The van der Waals surface area contributed by atoms with Crippen LogP contribution in [0.1, 0.15) is 11.1 Å². The fraction of sp³-hybridized carbons (Fsp3) is 0.120. The maximum absolute atomic E-state index is 13.5. The second-order valence-corrected chi connectivity index (χ2v) is 7.53. The number of amides is 2. The first-order valence-corrected chi connectivity index (χ1v) is 10.3. The van der Waals surface area contributed by atoms with Gasteiger partial charge >= 0.3 is 0 Å². The lowest BCUT2D eigenvalue weighted by atomic mass is 10.0. The van der Waals surface area contributed by atoms with Gasteiger partial charge in [0.15, 0.2) is 0 Å². The second-order valence-electron chi connectivity index (χ2n) is 7.10. The molecule has 0 unspecified atom stereocenters. The molecule has 4 rings (SSSR count). The van der Waals surface area contributed by atoms with Gasteiger partial charge in [-0.25, -0.2) is 0 Å². The highest BCUT2D eigenvalue weighted by Gasteiger charge is 2.40. The number of halogens is 1. The molecule has 0 saturated carbocycles. The van der Waals surface area contributed by atoms with Crippen LogP contribution in [0.15, 0.2) is 78.5 Å². The van der Waals surface area contributed by atoms with E-state index in [1.165, 1.54) is 12.0 Å². The van der Waals surface area contributed by atoms with E-state index in [-0.39, 0.29) is 17.8 Å². The lowest BCUT2D eigenvalue weighted by molar-refractivity contribution is -0.137. The quantitative estimate of drug-likeness (QED) is 0.528. The fourth-order valence-electron chi connectivity index (χ4n) is 3.59. The summed E-state index contributed by atoms with van der Waals surface area (Å²) in [5, 5.41) is 3.71. The molecule has 3 aromatic rings. The van der Waals surface area contributed by atoms with Crippen LogP contribution in [0.4, 0.5) is 5.69 Å². The van der Waals surface area contributed by atoms with Gasteiger partial charge in [0.2, 0.25) is 0 Å². The fourth-order valence-corrected chi connectivity index (χ4v) is 3.72. The standard InChI is InChI=1S/C25H21ClN2O4/c1-31-20-9-5-3-7-18(20)22-23(27-19-8-4-6-10-21(19)32-2)25(30)28(24(22)29)15-16-11-13-17(26)14-12-16/h3-14,27H,15H2,1-2H3. The molecule has 0 spiro atoms. The lowest BCUT2D eigenvalue weighted by Gasteiger charge is -2.16. The maximum Gasteiger partial charge on any atom is 0.278 e. The van der Waals surface area contributed by atoms with E-state index in [2.05, 4.69) is 5.32 Å². The zero-order valence-corrected chi connectivity index (χ0v) is 18.3. The molecule has 0 atom stereocenters. The summed E-state index contributed by atoms with van der Waals surface area (Å²) in [6.45, 7) is 0.116. The number of hydrogen-bond donors (Lipinski definition) is 1. The number of nitrogens with zero attached hydrogens (tertiary/aromatic N) is 1. The molecule has 1 N–H and O–H groups in total. The summed E-state index contributed by atoms with van der Waals surface area (Å²) >= 11 is 5.97. The van der Waals surface area contributed by atoms with Crippen LogP contribution in [0, 0.1) is 0 Å². The number of rotatable bonds is 7. The van der Waals surface area contributed by atoms with Crippen molar-refractivity contribution in [3.63, 3.8) is 0 Å². The summed E-state index contributed by atoms with van der Waals surface area (Å²) in [5.74, 6) is 0.204. The largest absolute Gasteiger partial charge is 0.496 e. The number of benzene rings is 3. The molecule has 1 aliphatic rings. The number of imide groups is 1. The van der Waals surface area contributed by atoms with Gasteiger partial charge in [0.1, 0.15) is 17.2 Å². The van der Waals surface area contributed by atoms with Gasteiger partial charge in [-0.2, -0.15) is 0 Å². The Morgan fingerprint density at radius 2 is 1.44 bits per heavy atom. The Morgan fingerprint density at radius 3 is 2.12 bits per heavy atom. The Morgan fingerprint density at radius 1 is 0.812 bits per heavy atom. The Balaban J connectivity index is 1.79. The highest BCUT2D eigenvalue weighted by molar-refractivity contribution is 6.37. The average Bonchev–Trinajstić information content (AvgIpc) is 3.04. The molecule has 0 aromatic heterocycles. The topological polar surface area (TPSA) is 67.9 Å². The highest BCUT2D eigenvalue weighted by atomic mass is 35.5. The average molecular weight is 449 g/mol. The number of anilines is 1. The van der Waals surface area contributed by atoms with Crippen molar-refractivity contribution in [2.75, 3.05) is 19.5 Å². The Bertz CT molecular complexity index is 1200. The zero-order valence-electron chi connectivity index (χ0n) is 17.6. The molecule has 7 heteroatoms. The summed E-state index contributed by atoms with van der Waals surface area (Å²) in [7, 11) is 3.07. The molecule has 0 saturated heterocycles. The van der Waals surface area contributed by atoms with Crippen LogP contribution in [0.25, 0.3) is 5.57 Å². The maximum atomic E-state index is 13.5. The molecule has 3 aromatic carbocycles. The van der Waals surface area contributed by atoms with Gasteiger partial charge in [-0.05, 0) is 35.9 Å². The van der Waals surface area contributed by atoms with E-state index in [1.807, 2.05) is 18.2 Å². The molecule has 0 bridgehead atoms. The SMILES string of the molecule is COc1ccccc1NC1=C(c2ccccc2OC)C(=O)N(Cc2ccc(Cl)cc2)C1=O. The van der Waals surface area contributed by atoms with Gasteiger partial charge < -0.3 is 14.8 Å². The molecular formula is C25H21ClN2O4. The van der Waals surface area contributed by atoms with E-state index >= 15 is 0 Å². The van der Waals surface area contributed by atoms with Crippen molar-refractivity contribution >= 4 is 34.7 Å². The summed E-state index contributed by atoms with van der Waals surface area (Å²) < 4.78 is 10.9. The molecular weight excluding hydrogens is 428 g/mol. The first-order valence-electron chi connectivity index (χ1n) is 9.92. The number of ether oxygens (including phenoxy) is 2. The minimum atomic E-state index is -0.434. The van der Waals surface area contributed by atoms with E-state index in [1.54, 1.807) is 61.7 Å². The Labute approximate surface area is 191 Å². The van der Waals surface area contributed by atoms with Gasteiger partial charge in [-0.15, -0.1) is 0 Å². The van der Waals surface area contributed by atoms with E-state index in [4.69, 9.17) is 21.1 Å². The molecule has 0 aliphatic carbocycles. The van der Waals surface area contributed by atoms with E-state index in [9.17, 15) is 9.59 Å². The van der Waals surface area contributed by atoms with Crippen molar-refractivity contribution in [2.45, 2.75) is 6.54 Å². The number of carbonyl (C=O) groups excluding carboxylic acids is 2. The van der Waals surface area contributed by atoms with Crippen LogP contribution < -0.4 is 14.8 Å². The summed E-state index contributed by atoms with van der Waals surface area (Å²) in [6, 6.07) is 21.4. The summed E-state index contributed by atoms with van der Waals surface area (Å²) in [5.41, 5.74) is 2.30. The molecule has 6 nitrogen and oxygen atoms in total. The van der Waals surface area contributed by atoms with Crippen LogP contribution in [0.2, 0.25) is 5.02 Å². The van der Waals surface area contributed by atoms with Crippen molar-refractivity contribution in [3.8, 4) is 11.5 Å². The first kappa shape index (κ1) is 21.5. The van der Waals surface area contributed by atoms with Crippen molar-refractivity contribution in [1.82, 2.24) is 4.90 Å². The molecule has 1 aliphatic heterocycles. The van der Waals surface area contributed by atoms with Gasteiger partial charge in [-0.1, -0.05) is 54.1 Å². The normalized spacial score (nSPS) is 13.5. The minimum absolute atomic E-state index is 0.116. The lowest BCUT2D eigenvalue weighted by Crippen LogP contribution is -2.32. The van der Waals surface area contributed by atoms with Gasteiger partial charge in [0.25, 0.3) is 11.8 Å². The molecule has 162 valence electrons. The molecule has 1 heterocycles. The number of nitrogens with one attached hydrogen (secondary N) is 1. The van der Waals surface area contributed by atoms with Gasteiger partial charge in [0, 0.05) is 10.6 Å². The number of methoxy groups -OCH3 is 2. The second kappa shape index (κ2) is 9.16. The third-order valence-corrected chi connectivity index (χ3v) is 5.42. The molecule has 0 radical (unpaired) electrons. The third kappa shape index (κ3) is 4.05. The number of hydrogen-bond acceptors (Lipinski definition) is 5. The zero-order chi connectivity index (χ0) is 22.7. The predicted octanol–water partition coefficient (Wildman–Crippen LogP) is 4.75. The van der Waals surface area contributed by atoms with Crippen molar-refractivity contribution in [3.05, 3.63) is 94.6 Å². The van der Waals surface area contributed by atoms with Gasteiger partial charge in [-0.3, -0.25) is 14.5 Å². The monoisotopic (exact) mass is 448 g/mol. The number of para-hydroxylation sites is 3. The third-order valence-electron chi connectivity index (χ3n) is 5.16. The van der Waals surface area contributed by atoms with Crippen LogP contribution in [-0.2, 0) is 16.1 Å². The van der Waals surface area contributed by atoms with Crippen LogP contribution in [0.3, 0.4) is 0 Å². The van der Waals surface area contributed by atoms with Crippen LogP contribution in [-0.4, -0.2) is 30.9 Å². The summed E-state index contributed by atoms with van der Waals surface area (Å²) in [6.07, 6.45) is 0. The van der Waals surface area contributed by atoms with E-state index < -0.39 is 11.8 Å². The Hall–Kier alpha value is -3.77. The Kier molecular flexibility index (Phi) is 6.14. The van der Waals surface area contributed by atoms with E-state index in [0.717, 1.165) is 5.56 Å². The smallest absolute Gasteiger partial charge is 0.278 e.